The summed E-state index contributed by atoms with van der Waals surface area (Å²) in [7, 11) is 1.62. The first kappa shape index (κ1) is 13.8. The Hall–Kier alpha value is -1.22. The minimum Gasteiger partial charge on any atom is -0.507 e. The second-order valence-corrected chi connectivity index (χ2v) is 5.26. The van der Waals surface area contributed by atoms with Gasteiger partial charge in [0, 0.05) is 12.2 Å². The molecule has 0 aliphatic heterocycles. The molecule has 0 heterocycles. The van der Waals surface area contributed by atoms with Gasteiger partial charge >= 0.3 is 0 Å². The van der Waals surface area contributed by atoms with E-state index in [1.165, 1.54) is 0 Å². The third-order valence-corrected chi connectivity index (χ3v) is 2.81. The Morgan fingerprint density at radius 1 is 1.24 bits per heavy atom. The van der Waals surface area contributed by atoms with Crippen LogP contribution in [-0.2, 0) is 11.8 Å². The van der Waals surface area contributed by atoms with Gasteiger partial charge in [0.1, 0.15) is 11.5 Å². The molecule has 0 saturated carbocycles. The number of benzene rings is 1. The molecule has 0 fully saturated rings. The van der Waals surface area contributed by atoms with Gasteiger partial charge in [-0.1, -0.05) is 20.8 Å². The Balaban J connectivity index is 3.21. The highest BCUT2D eigenvalue weighted by molar-refractivity contribution is 5.49. The molecule has 0 atom stereocenters. The quantitative estimate of drug-likeness (QED) is 0.847. The molecule has 0 unspecified atom stereocenters. The lowest BCUT2D eigenvalue weighted by atomic mass is 9.84. The maximum absolute atomic E-state index is 10.2. The van der Waals surface area contributed by atoms with Crippen LogP contribution in [0.15, 0.2) is 12.1 Å². The van der Waals surface area contributed by atoms with Gasteiger partial charge < -0.3 is 14.9 Å². The monoisotopic (exact) mass is 238 g/mol. The first-order chi connectivity index (χ1) is 7.90. The van der Waals surface area contributed by atoms with Crippen molar-refractivity contribution in [1.29, 1.82) is 0 Å². The molecule has 0 saturated heterocycles. The maximum Gasteiger partial charge on any atom is 0.122 e. The molecule has 1 aromatic carbocycles. The Morgan fingerprint density at radius 2 is 1.88 bits per heavy atom. The summed E-state index contributed by atoms with van der Waals surface area (Å²) in [4.78, 5) is 0. The Bertz CT molecular complexity index is 378. The Morgan fingerprint density at radius 3 is 2.35 bits per heavy atom. The van der Waals surface area contributed by atoms with E-state index in [1.54, 1.807) is 7.11 Å². The number of hydrogen-bond donors (Lipinski definition) is 2. The van der Waals surface area contributed by atoms with Crippen molar-refractivity contribution in [2.45, 2.75) is 39.0 Å². The number of aryl methyl sites for hydroxylation is 1. The number of aliphatic hydroxyl groups is 1. The van der Waals surface area contributed by atoms with E-state index in [2.05, 4.69) is 20.8 Å². The number of aromatic hydroxyl groups is 1. The zero-order valence-corrected chi connectivity index (χ0v) is 11.1. The van der Waals surface area contributed by atoms with Crippen LogP contribution in [0.4, 0.5) is 0 Å². The first-order valence-corrected chi connectivity index (χ1v) is 5.91. The van der Waals surface area contributed by atoms with Crippen LogP contribution < -0.4 is 4.74 Å². The molecule has 96 valence electrons. The Labute approximate surface area is 103 Å². The van der Waals surface area contributed by atoms with Crippen LogP contribution in [-0.4, -0.2) is 23.9 Å². The number of rotatable bonds is 4. The van der Waals surface area contributed by atoms with Crippen molar-refractivity contribution in [1.82, 2.24) is 0 Å². The molecule has 1 rings (SSSR count). The van der Waals surface area contributed by atoms with E-state index in [0.717, 1.165) is 16.9 Å². The average molecular weight is 238 g/mol. The highest BCUT2D eigenvalue weighted by Crippen LogP contribution is 2.37. The fraction of sp³-hybridized carbons (Fsp3) is 0.571. The minimum absolute atomic E-state index is 0.126. The van der Waals surface area contributed by atoms with Gasteiger partial charge in [0.05, 0.1) is 7.11 Å². The molecule has 0 aromatic heterocycles. The van der Waals surface area contributed by atoms with Crippen molar-refractivity contribution in [3.8, 4) is 11.5 Å². The molecule has 3 nitrogen and oxygen atoms in total. The van der Waals surface area contributed by atoms with Crippen LogP contribution in [0.25, 0.3) is 0 Å². The van der Waals surface area contributed by atoms with Gasteiger partial charge in [-0.2, -0.15) is 0 Å². The third kappa shape index (κ3) is 3.37. The van der Waals surface area contributed by atoms with Crippen LogP contribution in [0.1, 0.15) is 38.3 Å². The lowest BCUT2D eigenvalue weighted by Gasteiger charge is -2.23. The predicted octanol–water partition coefficient (Wildman–Crippen LogP) is 2.62. The van der Waals surface area contributed by atoms with Gasteiger partial charge in [0.2, 0.25) is 0 Å². The van der Waals surface area contributed by atoms with Crippen molar-refractivity contribution in [2.24, 2.45) is 0 Å². The molecule has 0 aliphatic rings. The summed E-state index contributed by atoms with van der Waals surface area (Å²) in [6.07, 6.45) is 1.30. The summed E-state index contributed by atoms with van der Waals surface area (Å²) < 4.78 is 5.25. The number of ether oxygens (including phenoxy) is 1. The summed E-state index contributed by atoms with van der Waals surface area (Å²) in [5.74, 6) is 1.08. The molecule has 1 aromatic rings. The van der Waals surface area contributed by atoms with Crippen LogP contribution in [0, 0.1) is 0 Å². The standard InChI is InChI=1S/C14H22O3/c1-14(2,3)12-9-11(17-4)8-10(13(12)16)6-5-7-15/h8-9,15-16H,5-7H2,1-4H3. The van der Waals surface area contributed by atoms with Gasteiger partial charge in [-0.3, -0.25) is 0 Å². The summed E-state index contributed by atoms with van der Waals surface area (Å²) in [5.41, 5.74) is 1.58. The van der Waals surface area contributed by atoms with Gasteiger partial charge in [0.15, 0.2) is 0 Å². The number of methoxy groups -OCH3 is 1. The zero-order chi connectivity index (χ0) is 13.1. The van der Waals surface area contributed by atoms with Crippen LogP contribution >= 0.6 is 0 Å². The van der Waals surface area contributed by atoms with Crippen LogP contribution in [0.5, 0.6) is 11.5 Å². The smallest absolute Gasteiger partial charge is 0.122 e. The topological polar surface area (TPSA) is 49.7 Å². The van der Waals surface area contributed by atoms with E-state index in [4.69, 9.17) is 9.84 Å². The van der Waals surface area contributed by atoms with E-state index < -0.39 is 0 Å². The van der Waals surface area contributed by atoms with E-state index >= 15 is 0 Å². The maximum atomic E-state index is 10.2. The molecule has 0 spiro atoms. The SMILES string of the molecule is COc1cc(CCCO)c(O)c(C(C)(C)C)c1. The largest absolute Gasteiger partial charge is 0.507 e. The lowest BCUT2D eigenvalue weighted by Crippen LogP contribution is -2.12. The predicted molar refractivity (Wildman–Crippen MR) is 68.8 cm³/mol. The van der Waals surface area contributed by atoms with E-state index in [1.807, 2.05) is 12.1 Å². The number of hydrogen-bond acceptors (Lipinski definition) is 3. The normalized spacial score (nSPS) is 11.6. The number of phenolic OH excluding ortho intramolecular Hbond substituents is 1. The van der Waals surface area contributed by atoms with E-state index in [-0.39, 0.29) is 12.0 Å². The van der Waals surface area contributed by atoms with Crippen LogP contribution in [0.2, 0.25) is 0 Å². The van der Waals surface area contributed by atoms with Gasteiger partial charge in [0.25, 0.3) is 0 Å². The molecule has 0 amide bonds. The van der Waals surface area contributed by atoms with E-state index in [0.29, 0.717) is 18.6 Å². The van der Waals surface area contributed by atoms with Gasteiger partial charge in [-0.05, 0) is 36.0 Å². The highest BCUT2D eigenvalue weighted by atomic mass is 16.5. The molecule has 0 bridgehead atoms. The fourth-order valence-corrected chi connectivity index (χ4v) is 1.81. The zero-order valence-electron chi connectivity index (χ0n) is 11.1. The Kier molecular flexibility index (Phi) is 4.40. The van der Waals surface area contributed by atoms with Crippen molar-refractivity contribution in [2.75, 3.05) is 13.7 Å². The fourth-order valence-electron chi connectivity index (χ4n) is 1.81. The minimum atomic E-state index is -0.132. The summed E-state index contributed by atoms with van der Waals surface area (Å²) >= 11 is 0. The molecular weight excluding hydrogens is 216 g/mol. The summed E-state index contributed by atoms with van der Waals surface area (Å²) in [5, 5.41) is 19.1. The molecule has 2 N–H and O–H groups in total. The third-order valence-electron chi connectivity index (χ3n) is 2.81. The average Bonchev–Trinajstić information content (AvgIpc) is 2.26. The van der Waals surface area contributed by atoms with Gasteiger partial charge in [-0.25, -0.2) is 0 Å². The van der Waals surface area contributed by atoms with Gasteiger partial charge in [-0.15, -0.1) is 0 Å². The van der Waals surface area contributed by atoms with Crippen molar-refractivity contribution in [3.05, 3.63) is 23.3 Å². The molecule has 17 heavy (non-hydrogen) atoms. The second kappa shape index (κ2) is 5.41. The van der Waals surface area contributed by atoms with Crippen molar-refractivity contribution in [3.63, 3.8) is 0 Å². The molecule has 3 heteroatoms. The highest BCUT2D eigenvalue weighted by Gasteiger charge is 2.21. The summed E-state index contributed by atoms with van der Waals surface area (Å²) in [6.45, 7) is 6.29. The second-order valence-electron chi connectivity index (χ2n) is 5.26. The van der Waals surface area contributed by atoms with Crippen molar-refractivity contribution >= 4 is 0 Å². The molecular formula is C14H22O3. The van der Waals surface area contributed by atoms with E-state index in [9.17, 15) is 5.11 Å². The lowest BCUT2D eigenvalue weighted by molar-refractivity contribution is 0.287. The number of aliphatic hydroxyl groups excluding tert-OH is 1. The molecule has 0 aliphatic carbocycles. The number of phenols is 1. The summed E-state index contributed by atoms with van der Waals surface area (Å²) in [6, 6.07) is 3.71. The van der Waals surface area contributed by atoms with Crippen molar-refractivity contribution < 1.29 is 14.9 Å². The first-order valence-electron chi connectivity index (χ1n) is 5.91. The molecule has 0 radical (unpaired) electrons. The van der Waals surface area contributed by atoms with Crippen LogP contribution in [0.3, 0.4) is 0 Å².